The van der Waals surface area contributed by atoms with Crippen LogP contribution in [-0.2, 0) is 20.9 Å². The van der Waals surface area contributed by atoms with E-state index in [1.807, 2.05) is 23.1 Å². The van der Waals surface area contributed by atoms with Crippen molar-refractivity contribution >= 4 is 5.91 Å². The molecule has 0 unspecified atom stereocenters. The van der Waals surface area contributed by atoms with Gasteiger partial charge in [0.15, 0.2) is 0 Å². The molecule has 0 saturated carbocycles. The second-order valence-corrected chi connectivity index (χ2v) is 6.15. The third-order valence-electron chi connectivity index (χ3n) is 4.48. The summed E-state index contributed by atoms with van der Waals surface area (Å²) < 4.78 is 11.2. The fourth-order valence-corrected chi connectivity index (χ4v) is 3.08. The van der Waals surface area contributed by atoms with Crippen LogP contribution in [0.25, 0.3) is 0 Å². The molecule has 2 fully saturated rings. The summed E-state index contributed by atoms with van der Waals surface area (Å²) in [7, 11) is 0. The van der Waals surface area contributed by atoms with Crippen molar-refractivity contribution in [3.63, 3.8) is 0 Å². The molecule has 1 amide bonds. The maximum Gasteiger partial charge on any atom is 0.222 e. The normalized spacial score (nSPS) is 22.9. The van der Waals surface area contributed by atoms with Gasteiger partial charge in [0, 0.05) is 38.9 Å². The van der Waals surface area contributed by atoms with Gasteiger partial charge in [0.05, 0.1) is 18.4 Å². The van der Waals surface area contributed by atoms with E-state index in [1.165, 1.54) is 0 Å². The number of aromatic nitrogens is 1. The molecule has 1 aromatic heterocycles. The van der Waals surface area contributed by atoms with Gasteiger partial charge in [-0.3, -0.25) is 9.78 Å². The summed E-state index contributed by atoms with van der Waals surface area (Å²) in [5.41, 5.74) is 0.960. The van der Waals surface area contributed by atoms with Gasteiger partial charge in [-0.2, -0.15) is 0 Å². The molecule has 1 aromatic rings. The summed E-state index contributed by atoms with van der Waals surface area (Å²) >= 11 is 0. The zero-order chi connectivity index (χ0) is 15.2. The molecule has 5 nitrogen and oxygen atoms in total. The molecular formula is C17H24N2O3. The predicted octanol–water partition coefficient (Wildman–Crippen LogP) is 2.02. The number of pyridine rings is 1. The smallest absolute Gasteiger partial charge is 0.222 e. The van der Waals surface area contributed by atoms with Gasteiger partial charge >= 0.3 is 0 Å². The summed E-state index contributed by atoms with van der Waals surface area (Å²) in [5.74, 6) is 0.698. The Bertz CT molecular complexity index is 466. The van der Waals surface area contributed by atoms with Crippen molar-refractivity contribution < 1.29 is 14.3 Å². The first-order chi connectivity index (χ1) is 10.8. The Hall–Kier alpha value is -1.46. The van der Waals surface area contributed by atoms with Gasteiger partial charge in [-0.25, -0.2) is 0 Å². The molecule has 120 valence electrons. The SMILES string of the molecule is O=C(C[C@@H]1CCOC1)N1CCC(OCc2ccccn2)CC1. The molecule has 0 aliphatic carbocycles. The number of amides is 1. The summed E-state index contributed by atoms with van der Waals surface area (Å²) in [6, 6.07) is 5.85. The lowest BCUT2D eigenvalue weighted by atomic mass is 10.0. The predicted molar refractivity (Wildman–Crippen MR) is 82.2 cm³/mol. The molecule has 0 spiro atoms. The van der Waals surface area contributed by atoms with Crippen LogP contribution in [0.1, 0.15) is 31.4 Å². The minimum absolute atomic E-state index is 0.237. The average Bonchev–Trinajstić information content (AvgIpc) is 3.07. The van der Waals surface area contributed by atoms with Gasteiger partial charge in [-0.15, -0.1) is 0 Å². The van der Waals surface area contributed by atoms with Crippen LogP contribution in [0, 0.1) is 5.92 Å². The van der Waals surface area contributed by atoms with Gasteiger partial charge < -0.3 is 14.4 Å². The highest BCUT2D eigenvalue weighted by molar-refractivity contribution is 5.76. The molecule has 2 saturated heterocycles. The Balaban J connectivity index is 1.37. The number of hydrogen-bond acceptors (Lipinski definition) is 4. The van der Waals surface area contributed by atoms with Gasteiger partial charge in [-0.1, -0.05) is 6.07 Å². The van der Waals surface area contributed by atoms with E-state index in [1.54, 1.807) is 6.20 Å². The molecule has 3 heterocycles. The summed E-state index contributed by atoms with van der Waals surface area (Å²) in [6.45, 7) is 3.72. The van der Waals surface area contributed by atoms with Gasteiger partial charge in [-0.05, 0) is 37.3 Å². The van der Waals surface area contributed by atoms with E-state index in [2.05, 4.69) is 4.98 Å². The maximum absolute atomic E-state index is 12.3. The summed E-state index contributed by atoms with van der Waals surface area (Å²) in [6.07, 6.45) is 5.52. The van der Waals surface area contributed by atoms with Crippen molar-refractivity contribution in [3.05, 3.63) is 30.1 Å². The summed E-state index contributed by atoms with van der Waals surface area (Å²) in [5, 5.41) is 0. The molecule has 0 aromatic carbocycles. The van der Waals surface area contributed by atoms with Gasteiger partial charge in [0.25, 0.3) is 0 Å². The molecule has 5 heteroatoms. The number of ether oxygens (including phenoxy) is 2. The monoisotopic (exact) mass is 304 g/mol. The van der Waals surface area contributed by atoms with E-state index in [4.69, 9.17) is 9.47 Å². The van der Waals surface area contributed by atoms with E-state index >= 15 is 0 Å². The van der Waals surface area contributed by atoms with E-state index in [0.717, 1.165) is 51.3 Å². The second kappa shape index (κ2) is 7.70. The minimum Gasteiger partial charge on any atom is -0.381 e. The van der Waals surface area contributed by atoms with E-state index < -0.39 is 0 Å². The lowest BCUT2D eigenvalue weighted by molar-refractivity contribution is -0.135. The van der Waals surface area contributed by atoms with Crippen molar-refractivity contribution in [2.45, 2.75) is 38.4 Å². The van der Waals surface area contributed by atoms with Gasteiger partial charge in [0.2, 0.25) is 5.91 Å². The van der Waals surface area contributed by atoms with Crippen LogP contribution in [0.15, 0.2) is 24.4 Å². The third kappa shape index (κ3) is 4.27. The molecule has 22 heavy (non-hydrogen) atoms. The zero-order valence-electron chi connectivity index (χ0n) is 12.9. The molecule has 3 rings (SSSR count). The van der Waals surface area contributed by atoms with Gasteiger partial charge in [0.1, 0.15) is 0 Å². The quantitative estimate of drug-likeness (QED) is 0.835. The Morgan fingerprint density at radius 1 is 1.32 bits per heavy atom. The highest BCUT2D eigenvalue weighted by Gasteiger charge is 2.26. The lowest BCUT2D eigenvalue weighted by Crippen LogP contribution is -2.41. The molecule has 0 N–H and O–H groups in total. The van der Waals surface area contributed by atoms with Crippen LogP contribution in [0.4, 0.5) is 0 Å². The molecule has 0 bridgehead atoms. The van der Waals surface area contributed by atoms with Crippen molar-refractivity contribution in [1.29, 1.82) is 0 Å². The standard InChI is InChI=1S/C17H24N2O3/c20-17(11-14-6-10-21-12-14)19-8-4-16(5-9-19)22-13-15-3-1-2-7-18-15/h1-3,7,14,16H,4-6,8-13H2/t14-/m0/s1. The number of carbonyl (C=O) groups excluding carboxylic acids is 1. The minimum atomic E-state index is 0.237. The van der Waals surface area contributed by atoms with Crippen LogP contribution < -0.4 is 0 Å². The summed E-state index contributed by atoms with van der Waals surface area (Å²) in [4.78, 5) is 18.5. The van der Waals surface area contributed by atoms with Crippen LogP contribution >= 0.6 is 0 Å². The van der Waals surface area contributed by atoms with Crippen LogP contribution in [0.3, 0.4) is 0 Å². The first-order valence-corrected chi connectivity index (χ1v) is 8.18. The van der Waals surface area contributed by atoms with Crippen molar-refractivity contribution in [3.8, 4) is 0 Å². The largest absolute Gasteiger partial charge is 0.381 e. The number of nitrogens with zero attached hydrogens (tertiary/aromatic N) is 2. The fourth-order valence-electron chi connectivity index (χ4n) is 3.08. The molecule has 1 atom stereocenters. The Morgan fingerprint density at radius 3 is 2.86 bits per heavy atom. The molecular weight excluding hydrogens is 280 g/mol. The lowest BCUT2D eigenvalue weighted by Gasteiger charge is -2.32. The maximum atomic E-state index is 12.3. The van der Waals surface area contributed by atoms with Crippen molar-refractivity contribution in [2.24, 2.45) is 5.92 Å². The molecule has 2 aliphatic heterocycles. The highest BCUT2D eigenvalue weighted by atomic mass is 16.5. The zero-order valence-corrected chi connectivity index (χ0v) is 12.9. The van der Waals surface area contributed by atoms with E-state index in [9.17, 15) is 4.79 Å². The Kier molecular flexibility index (Phi) is 5.40. The first-order valence-electron chi connectivity index (χ1n) is 8.18. The number of carbonyl (C=O) groups is 1. The average molecular weight is 304 g/mol. The Morgan fingerprint density at radius 2 is 2.18 bits per heavy atom. The van der Waals surface area contributed by atoms with Crippen LogP contribution in [0.2, 0.25) is 0 Å². The van der Waals surface area contributed by atoms with Crippen molar-refractivity contribution in [1.82, 2.24) is 9.88 Å². The topological polar surface area (TPSA) is 51.7 Å². The molecule has 2 aliphatic rings. The van der Waals surface area contributed by atoms with Crippen LogP contribution in [-0.4, -0.2) is 48.2 Å². The molecule has 0 radical (unpaired) electrons. The van der Waals surface area contributed by atoms with Crippen molar-refractivity contribution in [2.75, 3.05) is 26.3 Å². The highest BCUT2D eigenvalue weighted by Crippen LogP contribution is 2.20. The van der Waals surface area contributed by atoms with Crippen LogP contribution in [0.5, 0.6) is 0 Å². The van der Waals surface area contributed by atoms with E-state index in [0.29, 0.717) is 18.9 Å². The number of piperidine rings is 1. The number of hydrogen-bond donors (Lipinski definition) is 0. The third-order valence-corrected chi connectivity index (χ3v) is 4.48. The number of rotatable bonds is 5. The van der Waals surface area contributed by atoms with E-state index in [-0.39, 0.29) is 12.0 Å². The number of likely N-dealkylation sites (tertiary alicyclic amines) is 1. The fraction of sp³-hybridized carbons (Fsp3) is 0.647. The Labute approximate surface area is 131 Å². The second-order valence-electron chi connectivity index (χ2n) is 6.15. The first kappa shape index (κ1) is 15.4.